The molecule has 0 heterocycles. The second-order valence-electron chi connectivity index (χ2n) is 10.4. The first-order valence-electron chi connectivity index (χ1n) is 11.7. The molecule has 1 N–H and O–H groups in total. The molecule has 2 unspecified atom stereocenters. The van der Waals surface area contributed by atoms with Crippen molar-refractivity contribution in [3.63, 3.8) is 0 Å². The molecule has 5 nitrogen and oxygen atoms in total. The minimum Gasteiger partial charge on any atom is -0.457 e. The van der Waals surface area contributed by atoms with Gasteiger partial charge in [0.25, 0.3) is 0 Å². The molecule has 0 saturated heterocycles. The summed E-state index contributed by atoms with van der Waals surface area (Å²) in [5.74, 6) is -1.23. The van der Waals surface area contributed by atoms with Gasteiger partial charge < -0.3 is 9.84 Å². The van der Waals surface area contributed by atoms with Gasteiger partial charge >= 0.3 is 5.97 Å². The summed E-state index contributed by atoms with van der Waals surface area (Å²) in [6, 6.07) is 0. The van der Waals surface area contributed by atoms with Crippen molar-refractivity contribution >= 4 is 17.5 Å². The molecule has 174 valence electrons. The molecule has 0 amide bonds. The normalized spacial score (nSPS) is 40.4. The molecule has 4 aliphatic rings. The van der Waals surface area contributed by atoms with E-state index in [2.05, 4.69) is 6.92 Å². The molecule has 6 heteroatoms. The van der Waals surface area contributed by atoms with Crippen LogP contribution in [0.2, 0.25) is 0 Å². The number of allylic oxidation sites excluding steroid dienone is 5. The van der Waals surface area contributed by atoms with Crippen LogP contribution in [0.25, 0.3) is 0 Å². The quantitative estimate of drug-likeness (QED) is 0.647. The van der Waals surface area contributed by atoms with E-state index in [4.69, 9.17) is 4.74 Å². The first-order chi connectivity index (χ1) is 15.0. The van der Waals surface area contributed by atoms with Crippen molar-refractivity contribution < 1.29 is 28.6 Å². The first kappa shape index (κ1) is 23.1. The molecule has 0 aliphatic heterocycles. The van der Waals surface area contributed by atoms with Crippen molar-refractivity contribution in [3.8, 4) is 0 Å². The zero-order valence-corrected chi connectivity index (χ0v) is 19.3. The Kier molecular flexibility index (Phi) is 5.81. The number of carbonyl (C=O) groups excluding carboxylic acids is 3. The van der Waals surface area contributed by atoms with E-state index >= 15 is 4.39 Å². The predicted octanol–water partition coefficient (Wildman–Crippen LogP) is 4.05. The molecule has 0 aromatic heterocycles. The number of carbonyl (C=O) groups is 3. The lowest BCUT2D eigenvalue weighted by molar-refractivity contribution is -0.146. The van der Waals surface area contributed by atoms with Crippen LogP contribution in [0.4, 0.5) is 4.39 Å². The van der Waals surface area contributed by atoms with Crippen LogP contribution in [0.3, 0.4) is 0 Å². The van der Waals surface area contributed by atoms with E-state index in [9.17, 15) is 19.5 Å². The fraction of sp³-hybridized carbons (Fsp3) is 0.654. The minimum atomic E-state index is -1.25. The SMILES string of the molecule is CCCC1=C(C(=O)COC(C)=O)[C@@]2(C)CC(O)[C@H]3[C@@H](CC(F)C4=CC(=O)C=C[C@@]43C)[C@@H]2C1. The molecule has 0 bridgehead atoms. The largest absolute Gasteiger partial charge is 0.457 e. The van der Waals surface area contributed by atoms with Gasteiger partial charge in [0.2, 0.25) is 0 Å². The van der Waals surface area contributed by atoms with E-state index < -0.39 is 29.1 Å². The summed E-state index contributed by atoms with van der Waals surface area (Å²) in [6.07, 6.45) is 5.66. The maximum absolute atomic E-state index is 15.5. The number of hydrogen-bond donors (Lipinski definition) is 1. The highest BCUT2D eigenvalue weighted by Gasteiger charge is 2.63. The molecule has 7 atom stereocenters. The van der Waals surface area contributed by atoms with E-state index in [0.717, 1.165) is 18.4 Å². The number of Topliss-reactive ketones (excluding diaryl/α,β-unsaturated/α-hetero) is 1. The Hall–Kier alpha value is -2.08. The number of halogens is 1. The van der Waals surface area contributed by atoms with Gasteiger partial charge in [0, 0.05) is 29.2 Å². The lowest BCUT2D eigenvalue weighted by atomic mass is 9.46. The standard InChI is InChI=1S/C26H33FO5/c1-5-6-15-9-18-17-11-20(27)19-10-16(29)7-8-25(19,3)24(17)21(30)12-26(18,4)23(15)22(31)13-32-14(2)28/h7-8,10,17-18,20-21,24,30H,5-6,9,11-13H2,1-4H3/t17-,18-,20?,21?,24+,25-,26-/m0/s1. The predicted molar refractivity (Wildman–Crippen MR) is 117 cm³/mol. The maximum Gasteiger partial charge on any atom is 0.303 e. The van der Waals surface area contributed by atoms with Crippen LogP contribution < -0.4 is 0 Å². The Morgan fingerprint density at radius 1 is 1.31 bits per heavy atom. The molecule has 0 aromatic carbocycles. The second-order valence-corrected chi connectivity index (χ2v) is 10.4. The van der Waals surface area contributed by atoms with E-state index in [0.29, 0.717) is 24.0 Å². The average Bonchev–Trinajstić information content (AvgIpc) is 2.99. The molecule has 2 saturated carbocycles. The summed E-state index contributed by atoms with van der Waals surface area (Å²) in [5, 5.41) is 11.4. The van der Waals surface area contributed by atoms with Crippen LogP contribution in [0.15, 0.2) is 34.9 Å². The van der Waals surface area contributed by atoms with Crippen molar-refractivity contribution in [1.82, 2.24) is 0 Å². The third kappa shape index (κ3) is 3.42. The summed E-state index contributed by atoms with van der Waals surface area (Å²) in [6.45, 7) is 6.98. The van der Waals surface area contributed by atoms with Gasteiger partial charge in [0.1, 0.15) is 6.17 Å². The zero-order chi connectivity index (χ0) is 23.4. The number of esters is 1. The zero-order valence-electron chi connectivity index (χ0n) is 19.3. The number of hydrogen-bond acceptors (Lipinski definition) is 5. The summed E-state index contributed by atoms with van der Waals surface area (Å²) in [7, 11) is 0. The molecule has 2 fully saturated rings. The van der Waals surface area contributed by atoms with Crippen molar-refractivity contribution in [2.45, 2.75) is 72.1 Å². The number of ether oxygens (including phenoxy) is 1. The van der Waals surface area contributed by atoms with Crippen LogP contribution in [0.1, 0.15) is 59.8 Å². The Morgan fingerprint density at radius 3 is 2.69 bits per heavy atom. The number of alkyl halides is 1. The van der Waals surface area contributed by atoms with Crippen LogP contribution in [0, 0.1) is 28.6 Å². The Balaban J connectivity index is 1.73. The molecule has 4 rings (SSSR count). The van der Waals surface area contributed by atoms with Crippen LogP contribution in [0.5, 0.6) is 0 Å². The van der Waals surface area contributed by atoms with Crippen molar-refractivity contribution in [1.29, 1.82) is 0 Å². The van der Waals surface area contributed by atoms with Gasteiger partial charge in [-0.1, -0.05) is 38.8 Å². The third-order valence-corrected chi connectivity index (χ3v) is 8.49. The van der Waals surface area contributed by atoms with Gasteiger partial charge in [-0.2, -0.15) is 0 Å². The van der Waals surface area contributed by atoms with E-state index in [-0.39, 0.29) is 42.3 Å². The molecule has 4 aliphatic carbocycles. The molecule has 32 heavy (non-hydrogen) atoms. The highest BCUT2D eigenvalue weighted by atomic mass is 19.1. The molecular formula is C26H33FO5. The first-order valence-corrected chi connectivity index (χ1v) is 11.7. The van der Waals surface area contributed by atoms with E-state index in [1.165, 1.54) is 19.1 Å². The Morgan fingerprint density at radius 2 is 2.03 bits per heavy atom. The summed E-state index contributed by atoms with van der Waals surface area (Å²) >= 11 is 0. The van der Waals surface area contributed by atoms with Crippen LogP contribution in [-0.2, 0) is 19.1 Å². The number of rotatable bonds is 5. The number of aliphatic hydroxyl groups is 1. The maximum atomic E-state index is 15.5. The lowest BCUT2D eigenvalue weighted by Gasteiger charge is -2.58. The Labute approximate surface area is 188 Å². The number of aliphatic hydroxyl groups excluding tert-OH is 1. The fourth-order valence-corrected chi connectivity index (χ4v) is 7.40. The van der Waals surface area contributed by atoms with Gasteiger partial charge in [-0.3, -0.25) is 14.4 Å². The summed E-state index contributed by atoms with van der Waals surface area (Å²) < 4.78 is 20.5. The number of ketones is 2. The van der Waals surface area contributed by atoms with Crippen molar-refractivity contribution in [3.05, 3.63) is 34.9 Å². The van der Waals surface area contributed by atoms with Crippen LogP contribution in [-0.4, -0.2) is 41.5 Å². The van der Waals surface area contributed by atoms with Crippen molar-refractivity contribution in [2.24, 2.45) is 28.6 Å². The summed E-state index contributed by atoms with van der Waals surface area (Å²) in [4.78, 5) is 36.4. The monoisotopic (exact) mass is 444 g/mol. The third-order valence-electron chi connectivity index (χ3n) is 8.49. The number of fused-ring (bicyclic) bond motifs is 5. The van der Waals surface area contributed by atoms with Gasteiger partial charge in [-0.05, 0) is 55.2 Å². The molecule has 0 radical (unpaired) electrons. The smallest absolute Gasteiger partial charge is 0.303 e. The van der Waals surface area contributed by atoms with E-state index in [1.807, 2.05) is 13.8 Å². The fourth-order valence-electron chi connectivity index (χ4n) is 7.40. The summed E-state index contributed by atoms with van der Waals surface area (Å²) in [5.41, 5.74) is 0.903. The topological polar surface area (TPSA) is 80.7 Å². The molecule has 0 spiro atoms. The van der Waals surface area contributed by atoms with E-state index in [1.54, 1.807) is 6.08 Å². The van der Waals surface area contributed by atoms with Gasteiger partial charge in [-0.15, -0.1) is 0 Å². The molecule has 0 aromatic rings. The van der Waals surface area contributed by atoms with Gasteiger partial charge in [0.15, 0.2) is 18.2 Å². The lowest BCUT2D eigenvalue weighted by Crippen LogP contribution is -2.57. The minimum absolute atomic E-state index is 0.0244. The van der Waals surface area contributed by atoms with Gasteiger partial charge in [-0.25, -0.2) is 4.39 Å². The van der Waals surface area contributed by atoms with Crippen LogP contribution >= 0.6 is 0 Å². The van der Waals surface area contributed by atoms with Gasteiger partial charge in [0.05, 0.1) is 6.10 Å². The highest BCUT2D eigenvalue weighted by Crippen LogP contribution is 2.66. The second kappa shape index (κ2) is 8.05. The highest BCUT2D eigenvalue weighted by molar-refractivity contribution is 6.01. The average molecular weight is 445 g/mol. The Bertz CT molecular complexity index is 946. The molecular weight excluding hydrogens is 411 g/mol. The van der Waals surface area contributed by atoms with Crippen molar-refractivity contribution in [2.75, 3.05) is 6.61 Å².